The molecule has 1 amide bonds. The summed E-state index contributed by atoms with van der Waals surface area (Å²) < 4.78 is 5.25. The Labute approximate surface area is 162 Å². The number of carbonyl (C=O) groups excluding carboxylic acids is 2. The third-order valence-electron chi connectivity index (χ3n) is 5.21. The Morgan fingerprint density at radius 3 is 2.70 bits per heavy atom. The van der Waals surface area contributed by atoms with Crippen molar-refractivity contribution in [1.82, 2.24) is 10.1 Å². The molecule has 27 heavy (non-hydrogen) atoms. The molecule has 2 heterocycles. The molecule has 142 valence electrons. The summed E-state index contributed by atoms with van der Waals surface area (Å²) in [4.78, 5) is 27.0. The Bertz CT molecular complexity index is 844. The second kappa shape index (κ2) is 7.44. The van der Waals surface area contributed by atoms with E-state index in [1.807, 2.05) is 12.1 Å². The van der Waals surface area contributed by atoms with Gasteiger partial charge in [-0.2, -0.15) is 0 Å². The zero-order valence-electron chi connectivity index (χ0n) is 14.8. The number of carbonyl (C=O) groups is 2. The van der Waals surface area contributed by atoms with Crippen LogP contribution < -0.4 is 0 Å². The molecule has 1 aromatic carbocycles. The summed E-state index contributed by atoms with van der Waals surface area (Å²) in [6.07, 6.45) is 2.54. The quantitative estimate of drug-likeness (QED) is 0.822. The van der Waals surface area contributed by atoms with Gasteiger partial charge in [0.05, 0.1) is 12.1 Å². The lowest BCUT2D eigenvalue weighted by Gasteiger charge is -2.22. The minimum atomic E-state index is -0.701. The number of amides is 1. The van der Waals surface area contributed by atoms with Gasteiger partial charge in [-0.1, -0.05) is 28.9 Å². The van der Waals surface area contributed by atoms with Crippen LogP contribution in [0.4, 0.5) is 0 Å². The molecule has 0 bridgehead atoms. The number of hydrogen-bond acceptors (Lipinski definition) is 5. The zero-order valence-corrected chi connectivity index (χ0v) is 15.6. The third kappa shape index (κ3) is 4.06. The highest BCUT2D eigenvalue weighted by Gasteiger charge is 2.40. The van der Waals surface area contributed by atoms with Gasteiger partial charge in [0.15, 0.2) is 11.5 Å². The Morgan fingerprint density at radius 1 is 1.26 bits per heavy atom. The van der Waals surface area contributed by atoms with Crippen LogP contribution in [0.15, 0.2) is 34.9 Å². The van der Waals surface area contributed by atoms with Crippen LogP contribution in [0, 0.1) is 0 Å². The number of aliphatic hydroxyl groups is 1. The molecular formula is C20H21ClN2O4. The van der Waals surface area contributed by atoms with Crippen LogP contribution in [-0.4, -0.2) is 45.5 Å². The van der Waals surface area contributed by atoms with E-state index < -0.39 is 12.1 Å². The van der Waals surface area contributed by atoms with Crippen molar-refractivity contribution in [2.24, 2.45) is 0 Å². The molecule has 1 aliphatic heterocycles. The largest absolute Gasteiger partial charge is 0.391 e. The Kier molecular flexibility index (Phi) is 5.02. The van der Waals surface area contributed by atoms with Crippen LogP contribution in [0.2, 0.25) is 5.02 Å². The molecule has 2 aromatic rings. The molecule has 1 saturated carbocycles. The maximum atomic E-state index is 12.8. The highest BCUT2D eigenvalue weighted by molar-refractivity contribution is 6.30. The monoisotopic (exact) mass is 388 g/mol. The first-order valence-electron chi connectivity index (χ1n) is 9.24. The van der Waals surface area contributed by atoms with E-state index in [1.54, 1.807) is 18.2 Å². The first-order valence-corrected chi connectivity index (χ1v) is 9.62. The average molecular weight is 389 g/mol. The second-order valence-corrected chi connectivity index (χ2v) is 7.78. The van der Waals surface area contributed by atoms with Gasteiger partial charge in [-0.15, -0.1) is 0 Å². The van der Waals surface area contributed by atoms with E-state index in [2.05, 4.69) is 5.16 Å². The minimum Gasteiger partial charge on any atom is -0.391 e. The molecule has 0 radical (unpaired) electrons. The van der Waals surface area contributed by atoms with Crippen molar-refractivity contribution >= 4 is 23.3 Å². The van der Waals surface area contributed by atoms with Crippen molar-refractivity contribution in [2.45, 2.75) is 50.2 Å². The molecule has 1 saturated heterocycles. The minimum absolute atomic E-state index is 0.0549. The molecule has 7 heteroatoms. The standard InChI is InChI=1S/C20H21ClN2O4/c21-14-6-1-12(2-7-14)3-8-18(25)17-9-15(24)11-23(17)20(26)16-10-19(27-22-16)13-4-5-13/h1-2,6-7,10,13,15,17,24H,3-5,8-9,11H2/t15-,17+/m1/s1. The molecule has 0 unspecified atom stereocenters. The van der Waals surface area contributed by atoms with Crippen molar-refractivity contribution < 1.29 is 19.2 Å². The van der Waals surface area contributed by atoms with Crippen LogP contribution in [0.5, 0.6) is 0 Å². The number of β-amino-alcohol motifs (C(OH)–C–C–N with tert-alkyl or cyclic N) is 1. The Balaban J connectivity index is 1.42. The number of ketones is 1. The van der Waals surface area contributed by atoms with E-state index in [-0.39, 0.29) is 30.3 Å². The normalized spacial score (nSPS) is 22.2. The first kappa shape index (κ1) is 18.2. The summed E-state index contributed by atoms with van der Waals surface area (Å²) in [7, 11) is 0. The van der Waals surface area contributed by atoms with Crippen molar-refractivity contribution in [1.29, 1.82) is 0 Å². The number of nitrogens with zero attached hydrogens (tertiary/aromatic N) is 2. The van der Waals surface area contributed by atoms with E-state index in [0.29, 0.717) is 23.8 Å². The number of aromatic nitrogens is 1. The topological polar surface area (TPSA) is 83.6 Å². The van der Waals surface area contributed by atoms with Gasteiger partial charge in [0.2, 0.25) is 0 Å². The fourth-order valence-electron chi connectivity index (χ4n) is 3.53. The van der Waals surface area contributed by atoms with E-state index >= 15 is 0 Å². The van der Waals surface area contributed by atoms with Gasteiger partial charge in [-0.05, 0) is 37.0 Å². The Hall–Kier alpha value is -2.18. The highest BCUT2D eigenvalue weighted by atomic mass is 35.5. The lowest BCUT2D eigenvalue weighted by atomic mass is 10.0. The molecule has 4 rings (SSSR count). The summed E-state index contributed by atoms with van der Waals surface area (Å²) in [5.41, 5.74) is 1.22. The number of hydrogen-bond donors (Lipinski definition) is 1. The molecule has 1 aromatic heterocycles. The molecule has 1 N–H and O–H groups in total. The van der Waals surface area contributed by atoms with Crippen molar-refractivity contribution in [3.05, 3.63) is 52.4 Å². The van der Waals surface area contributed by atoms with Gasteiger partial charge in [0, 0.05) is 36.4 Å². The van der Waals surface area contributed by atoms with Crippen LogP contribution in [0.25, 0.3) is 0 Å². The Morgan fingerprint density at radius 2 is 2.00 bits per heavy atom. The van der Waals surface area contributed by atoms with Crippen molar-refractivity contribution in [3.63, 3.8) is 0 Å². The summed E-state index contributed by atoms with van der Waals surface area (Å²) in [5.74, 6) is 0.677. The number of aliphatic hydroxyl groups excluding tert-OH is 1. The predicted octanol–water partition coefficient (Wildman–Crippen LogP) is 2.98. The maximum Gasteiger partial charge on any atom is 0.276 e. The van der Waals surface area contributed by atoms with E-state index in [1.165, 1.54) is 4.90 Å². The predicted molar refractivity (Wildman–Crippen MR) is 98.7 cm³/mol. The molecular weight excluding hydrogens is 368 g/mol. The van der Waals surface area contributed by atoms with E-state index in [4.69, 9.17) is 16.1 Å². The number of aryl methyl sites for hydroxylation is 1. The van der Waals surface area contributed by atoms with Crippen molar-refractivity contribution in [3.8, 4) is 0 Å². The smallest absolute Gasteiger partial charge is 0.276 e. The number of halogens is 1. The third-order valence-corrected chi connectivity index (χ3v) is 5.46. The van der Waals surface area contributed by atoms with Gasteiger partial charge >= 0.3 is 0 Å². The molecule has 2 atom stereocenters. The van der Waals surface area contributed by atoms with Crippen LogP contribution in [-0.2, 0) is 11.2 Å². The SMILES string of the molecule is O=C(CCc1ccc(Cl)cc1)[C@@H]1C[C@@H](O)CN1C(=O)c1cc(C2CC2)on1. The van der Waals surface area contributed by atoms with Gasteiger partial charge in [-0.25, -0.2) is 0 Å². The summed E-state index contributed by atoms with van der Waals surface area (Å²) in [6, 6.07) is 8.39. The molecule has 1 aliphatic carbocycles. The molecule has 0 spiro atoms. The lowest BCUT2D eigenvalue weighted by molar-refractivity contribution is -0.122. The van der Waals surface area contributed by atoms with Gasteiger partial charge in [0.25, 0.3) is 5.91 Å². The molecule has 6 nitrogen and oxygen atoms in total. The molecule has 2 fully saturated rings. The van der Waals surface area contributed by atoms with E-state index in [0.717, 1.165) is 24.2 Å². The van der Waals surface area contributed by atoms with Crippen molar-refractivity contribution in [2.75, 3.05) is 6.54 Å². The number of rotatable bonds is 6. The zero-order chi connectivity index (χ0) is 19.0. The van der Waals surface area contributed by atoms with Gasteiger partial charge in [0.1, 0.15) is 5.76 Å². The number of Topliss-reactive ketones (excluding diaryl/α,β-unsaturated/α-hetero) is 1. The van der Waals surface area contributed by atoms with E-state index in [9.17, 15) is 14.7 Å². The molecule has 2 aliphatic rings. The highest BCUT2D eigenvalue weighted by Crippen LogP contribution is 2.40. The van der Waals surface area contributed by atoms with Gasteiger partial charge in [-0.3, -0.25) is 9.59 Å². The number of benzene rings is 1. The maximum absolute atomic E-state index is 12.8. The van der Waals surface area contributed by atoms with Gasteiger partial charge < -0.3 is 14.5 Å². The summed E-state index contributed by atoms with van der Waals surface area (Å²) >= 11 is 5.88. The van der Waals surface area contributed by atoms with Crippen LogP contribution in [0.3, 0.4) is 0 Å². The van der Waals surface area contributed by atoms with Crippen LogP contribution >= 0.6 is 11.6 Å². The second-order valence-electron chi connectivity index (χ2n) is 7.34. The summed E-state index contributed by atoms with van der Waals surface area (Å²) in [5, 5.41) is 14.6. The average Bonchev–Trinajstić information content (AvgIpc) is 3.26. The first-order chi connectivity index (χ1) is 13.0. The fraction of sp³-hybridized carbons (Fsp3) is 0.450. The summed E-state index contributed by atoms with van der Waals surface area (Å²) in [6.45, 7) is 0.141. The lowest BCUT2D eigenvalue weighted by Crippen LogP contribution is -2.41. The van der Waals surface area contributed by atoms with Crippen LogP contribution in [0.1, 0.15) is 53.4 Å². The fourth-order valence-corrected chi connectivity index (χ4v) is 3.65. The number of likely N-dealkylation sites (tertiary alicyclic amines) is 1.